The third kappa shape index (κ3) is 25.9. The number of likely N-dealkylation sites (tertiary alicyclic amines) is 1. The van der Waals surface area contributed by atoms with Crippen LogP contribution in [0.4, 0.5) is 35.1 Å². The Kier molecular flexibility index (Phi) is 31.9. The van der Waals surface area contributed by atoms with Crippen LogP contribution in [0.2, 0.25) is 0 Å². The fourth-order valence-corrected chi connectivity index (χ4v) is 9.68. The number of rotatable bonds is 31. The lowest BCUT2D eigenvalue weighted by molar-refractivity contribution is -0.149. The van der Waals surface area contributed by atoms with Crippen LogP contribution in [-0.4, -0.2) is 168 Å². The number of nitrogens with one attached hydrogen (secondary N) is 5. The van der Waals surface area contributed by atoms with Gasteiger partial charge >= 0.3 is 11.9 Å². The Balaban J connectivity index is 0.000000352. The number of carboxylic acids is 2. The third-order valence-electron chi connectivity index (χ3n) is 14.8. The molecule has 0 bridgehead atoms. The minimum absolute atomic E-state index is 0.00162. The van der Waals surface area contributed by atoms with E-state index in [0.29, 0.717) is 50.3 Å². The molecule has 4 aromatic rings. The predicted molar refractivity (Wildman–Crippen MR) is 318 cm³/mol. The second-order valence-corrected chi connectivity index (χ2v) is 22.7. The Labute approximate surface area is 523 Å². The minimum atomic E-state index is -3.01. The number of benzene rings is 4. The number of nitrogens with zero attached hydrogens (tertiary/aromatic N) is 1. The summed E-state index contributed by atoms with van der Waals surface area (Å²) >= 11 is 0. The van der Waals surface area contributed by atoms with Gasteiger partial charge in [-0.3, -0.25) is 24.0 Å². The number of halogens is 8. The van der Waals surface area contributed by atoms with E-state index in [2.05, 4.69) is 26.6 Å². The number of hydrogen-bond donors (Lipinski definition) is 9. The Morgan fingerprint density at radius 2 is 1.04 bits per heavy atom. The van der Waals surface area contributed by atoms with Crippen LogP contribution in [0, 0.1) is 42.0 Å². The monoisotopic (exact) mass is 1290 g/mol. The number of carboxylic acid groups (broad SMARTS) is 2. The van der Waals surface area contributed by atoms with Gasteiger partial charge in [-0.15, -0.1) is 0 Å². The van der Waals surface area contributed by atoms with Crippen LogP contribution in [0.15, 0.2) is 84.9 Å². The quantitative estimate of drug-likeness (QED) is 0.0189. The number of aliphatic carboxylic acids is 1. The van der Waals surface area contributed by atoms with Crippen LogP contribution in [0.5, 0.6) is 0 Å². The van der Waals surface area contributed by atoms with Gasteiger partial charge in [0.25, 0.3) is 5.91 Å². The number of carbonyl (C=O) groups excluding carboxylic acids is 5. The summed E-state index contributed by atoms with van der Waals surface area (Å²) in [6.07, 6.45) is -8.38. The fraction of sp³-hybridized carbons (Fsp3) is 0.516. The largest absolute Gasteiger partial charge is 0.479 e. The van der Waals surface area contributed by atoms with Crippen molar-refractivity contribution in [1.82, 2.24) is 31.5 Å². The van der Waals surface area contributed by atoms with Crippen molar-refractivity contribution in [3.63, 3.8) is 0 Å². The van der Waals surface area contributed by atoms with E-state index >= 15 is 0 Å². The highest BCUT2D eigenvalue weighted by molar-refractivity contribution is 5.94. The van der Waals surface area contributed by atoms with Crippen molar-refractivity contribution in [3.05, 3.63) is 142 Å². The van der Waals surface area contributed by atoms with Crippen LogP contribution in [0.3, 0.4) is 0 Å². The van der Waals surface area contributed by atoms with E-state index in [-0.39, 0.29) is 43.5 Å². The number of aliphatic hydroxyl groups excluding tert-OH is 2. The van der Waals surface area contributed by atoms with Crippen molar-refractivity contribution in [2.24, 2.45) is 11.8 Å². The number of hydrogen-bond acceptors (Lipinski definition) is 12. The molecule has 2 saturated heterocycles. The number of aromatic carboxylic acids is 1. The van der Waals surface area contributed by atoms with Crippen molar-refractivity contribution in [3.8, 4) is 0 Å². The summed E-state index contributed by atoms with van der Waals surface area (Å²) in [5.41, 5.74) is 1.42. The van der Waals surface area contributed by atoms with Crippen molar-refractivity contribution in [2.45, 2.75) is 160 Å². The molecule has 2 unspecified atom stereocenters. The van der Waals surface area contributed by atoms with Crippen LogP contribution in [0.1, 0.15) is 104 Å². The molecule has 5 amide bonds. The first kappa shape index (κ1) is 75.9. The summed E-state index contributed by atoms with van der Waals surface area (Å²) in [6.45, 7) is 8.74. The lowest BCUT2D eigenvalue weighted by atomic mass is 10.1. The molecule has 19 nitrogen and oxygen atoms in total. The fourth-order valence-electron chi connectivity index (χ4n) is 9.68. The molecule has 0 radical (unpaired) electrons. The summed E-state index contributed by atoms with van der Waals surface area (Å²) in [4.78, 5) is 86.5. The molecule has 0 aromatic heterocycles. The van der Waals surface area contributed by atoms with Gasteiger partial charge in [0.15, 0.2) is 6.10 Å². The molecule has 0 saturated carbocycles. The van der Waals surface area contributed by atoms with Crippen molar-refractivity contribution >= 4 is 41.5 Å². The van der Waals surface area contributed by atoms with E-state index in [4.69, 9.17) is 24.8 Å². The second-order valence-electron chi connectivity index (χ2n) is 22.7. The van der Waals surface area contributed by atoms with E-state index in [9.17, 15) is 73.8 Å². The van der Waals surface area contributed by atoms with E-state index < -0.39 is 163 Å². The lowest BCUT2D eigenvalue weighted by Gasteiger charge is -2.28. The molecule has 0 aliphatic carbocycles. The normalized spacial score (nSPS) is 17.5. The van der Waals surface area contributed by atoms with Crippen LogP contribution in [-0.2, 0) is 63.9 Å². The van der Waals surface area contributed by atoms with Gasteiger partial charge in [0.05, 0.1) is 23.8 Å². The van der Waals surface area contributed by atoms with Gasteiger partial charge in [-0.1, -0.05) is 88.4 Å². The minimum Gasteiger partial charge on any atom is -0.479 e. The summed E-state index contributed by atoms with van der Waals surface area (Å²) in [5, 5.41) is 48.4. The van der Waals surface area contributed by atoms with Gasteiger partial charge in [-0.2, -0.15) is 0 Å². The summed E-state index contributed by atoms with van der Waals surface area (Å²) < 4.78 is 121. The van der Waals surface area contributed by atoms with Gasteiger partial charge in [0.2, 0.25) is 36.5 Å². The average Bonchev–Trinajstić information content (AvgIpc) is 1.78. The van der Waals surface area contributed by atoms with Gasteiger partial charge in [-0.25, -0.2) is 44.7 Å². The molecule has 91 heavy (non-hydrogen) atoms. The average molecular weight is 1300 g/mol. The highest BCUT2D eigenvalue weighted by Gasteiger charge is 2.44. The number of aryl methyl sites for hydroxylation is 3. The molecule has 502 valence electrons. The maximum atomic E-state index is 14.3. The molecule has 6 rings (SSSR count). The predicted octanol–water partition coefficient (Wildman–Crippen LogP) is 6.64. The van der Waals surface area contributed by atoms with Crippen LogP contribution >= 0.6 is 0 Å². The van der Waals surface area contributed by atoms with E-state index in [1.165, 1.54) is 17.7 Å². The Hall–Kier alpha value is -7.59. The van der Waals surface area contributed by atoms with Crippen LogP contribution in [0.25, 0.3) is 0 Å². The molecule has 8 atom stereocenters. The first-order valence-electron chi connectivity index (χ1n) is 29.9. The third-order valence-corrected chi connectivity index (χ3v) is 14.8. The molecule has 2 aliphatic rings. The highest BCUT2D eigenvalue weighted by Crippen LogP contribution is 2.25. The molecule has 2 fully saturated rings. The smallest absolute Gasteiger partial charge is 0.335 e. The Morgan fingerprint density at radius 1 is 0.604 bits per heavy atom. The van der Waals surface area contributed by atoms with Crippen LogP contribution < -0.4 is 26.6 Å². The SMILES string of the molecule is CC(C)[C@H](O)C(=O)N1C[C@H](OCCCc2ccccc2)CC1C(=O)N[C@@H](CC(F)F)C(=O)NCCc1c(F)cc(C(=O)O)cc1F.CC(C)[C@H](O)C(=O)O.Cc1cc(F)c(CCNC(=O)[C@H](CC(F)F)NC(=O)C2C[C@@H](OCCCc3ccccc3)CN2)c(F)c1. The molecule has 27 heteroatoms. The lowest BCUT2D eigenvalue weighted by Crippen LogP contribution is -2.55. The number of alkyl halides is 4. The van der Waals surface area contributed by atoms with Crippen molar-refractivity contribution in [2.75, 3.05) is 39.4 Å². The maximum Gasteiger partial charge on any atom is 0.335 e. The summed E-state index contributed by atoms with van der Waals surface area (Å²) in [7, 11) is 0. The zero-order chi connectivity index (χ0) is 67.5. The first-order chi connectivity index (χ1) is 43.1. The molecular formula is C64H82F8N6O13. The van der Waals surface area contributed by atoms with Crippen molar-refractivity contribution in [1.29, 1.82) is 0 Å². The highest BCUT2D eigenvalue weighted by atomic mass is 19.3. The zero-order valence-corrected chi connectivity index (χ0v) is 51.3. The van der Waals surface area contributed by atoms with Gasteiger partial charge < -0.3 is 61.4 Å². The van der Waals surface area contributed by atoms with Gasteiger partial charge in [-0.05, 0) is 105 Å². The van der Waals surface area contributed by atoms with Crippen molar-refractivity contribution < 1.29 is 98.6 Å². The van der Waals surface area contributed by atoms with E-state index in [1.54, 1.807) is 34.6 Å². The topological polar surface area (TPSA) is 282 Å². The van der Waals surface area contributed by atoms with E-state index in [1.807, 2.05) is 60.7 Å². The number of aliphatic hydroxyl groups is 2. The molecule has 9 N–H and O–H groups in total. The van der Waals surface area contributed by atoms with Gasteiger partial charge in [0.1, 0.15) is 47.5 Å². The Bertz CT molecular complexity index is 2940. The second kappa shape index (κ2) is 38.3. The first-order valence-corrected chi connectivity index (χ1v) is 29.9. The number of amides is 5. The molecule has 2 aliphatic heterocycles. The molecule has 2 heterocycles. The summed E-state index contributed by atoms with van der Waals surface area (Å²) in [6, 6.07) is 18.2. The summed E-state index contributed by atoms with van der Waals surface area (Å²) in [5.74, 6) is -11.3. The Morgan fingerprint density at radius 3 is 1.46 bits per heavy atom. The molecule has 0 spiro atoms. The molecular weight excluding hydrogens is 1210 g/mol. The molecule has 4 aromatic carbocycles. The zero-order valence-electron chi connectivity index (χ0n) is 51.3. The maximum absolute atomic E-state index is 14.3. The van der Waals surface area contributed by atoms with Gasteiger partial charge in [0, 0.05) is 69.8 Å². The number of carbonyl (C=O) groups is 7. The number of ether oxygens (including phenoxy) is 2. The van der Waals surface area contributed by atoms with E-state index in [0.717, 1.165) is 29.7 Å². The standard InChI is InChI=1S/C32H39F4N3O7.C27H33F4N3O3.C5H10O3/c1-18(2)28(40)31(43)39-17-21(46-12-6-9-19-7-4-3-5-8-19)15-26(39)30(42)38-25(16-27(35)36)29(41)37-11-10-22-23(33)13-20(32(44)45)14-24(22)34;1-17-12-21(28)20(22(29)13-17)9-10-32-26(35)24(15-25(30)31)34-27(36)23-14-19(16-33-23)37-11-5-8-18-6-3-2-4-7-18;1-3(2)4(6)5(7)8/h3-5,7-8,13-14,18,21,25-28,40H,6,9-12,15-17H2,1-2H3,(H,37,41)(H,38,42)(H,44,45);2-4,6-7,12-13,19,23-25,33H,5,8-11,14-16H2,1H3,(H,32,35)(H,34,36);3-4,6H,1-2H3,(H,7,8)/t21-,25+,26?,28+;19-,23?,24+;4-/m110/s1.